The molecule has 1 atom stereocenters. The summed E-state index contributed by atoms with van der Waals surface area (Å²) in [6, 6.07) is 11.2. The number of amides is 1. The van der Waals surface area contributed by atoms with Crippen LogP contribution in [0.25, 0.3) is 0 Å². The number of benzene rings is 1. The third-order valence-electron chi connectivity index (χ3n) is 3.63. The molecule has 6 nitrogen and oxygen atoms in total. The minimum absolute atomic E-state index is 0.172. The third kappa shape index (κ3) is 4.28. The number of aromatic nitrogens is 1. The zero-order chi connectivity index (χ0) is 18.6. The molecule has 0 aliphatic heterocycles. The van der Waals surface area contributed by atoms with Crippen LogP contribution in [0.4, 0.5) is 11.5 Å². The molecule has 0 aliphatic rings. The standard InChI is InChI=1S/C18H17N5OS/c1-10-4-5-11(2)15(6-10)22-17(24)12(3)25-18-14(9-20)7-13(8-19)16(21)23-18/h4-7,12H,1-3H3,(H2,21,23)(H,22,24)/p+1/t12-/m0/s1. The van der Waals surface area contributed by atoms with Gasteiger partial charge in [0.15, 0.2) is 5.03 Å². The molecular formula is C18H18N5OS+. The van der Waals surface area contributed by atoms with Crippen LogP contribution in [-0.4, -0.2) is 11.2 Å². The highest BCUT2D eigenvalue weighted by atomic mass is 32.2. The van der Waals surface area contributed by atoms with Gasteiger partial charge < -0.3 is 5.32 Å². The lowest BCUT2D eigenvalue weighted by atomic mass is 10.1. The summed E-state index contributed by atoms with van der Waals surface area (Å²) in [5.41, 5.74) is 9.04. The number of aromatic amines is 1. The van der Waals surface area contributed by atoms with Gasteiger partial charge in [0.1, 0.15) is 23.3 Å². The maximum absolute atomic E-state index is 12.5. The van der Waals surface area contributed by atoms with Crippen LogP contribution in [0.3, 0.4) is 0 Å². The van der Waals surface area contributed by atoms with Crippen molar-refractivity contribution in [3.63, 3.8) is 0 Å². The zero-order valence-electron chi connectivity index (χ0n) is 14.2. The first-order valence-corrected chi connectivity index (χ1v) is 8.44. The van der Waals surface area contributed by atoms with Gasteiger partial charge >= 0.3 is 0 Å². The average Bonchev–Trinajstić information content (AvgIpc) is 2.58. The Kier molecular flexibility index (Phi) is 5.63. The lowest BCUT2D eigenvalue weighted by molar-refractivity contribution is -0.410. The van der Waals surface area contributed by atoms with Crippen LogP contribution in [0.2, 0.25) is 0 Å². The number of nitrogens with one attached hydrogen (secondary N) is 2. The fourth-order valence-electron chi connectivity index (χ4n) is 2.15. The molecule has 126 valence electrons. The molecule has 4 N–H and O–H groups in total. The summed E-state index contributed by atoms with van der Waals surface area (Å²) in [5, 5.41) is 21.1. The highest BCUT2D eigenvalue weighted by Crippen LogP contribution is 2.26. The minimum Gasteiger partial charge on any atom is -0.325 e. The highest BCUT2D eigenvalue weighted by molar-refractivity contribution is 8.00. The van der Waals surface area contributed by atoms with Gasteiger partial charge in [0.05, 0.1) is 5.25 Å². The van der Waals surface area contributed by atoms with E-state index in [9.17, 15) is 10.1 Å². The first kappa shape index (κ1) is 18.3. The Morgan fingerprint density at radius 2 is 1.92 bits per heavy atom. The van der Waals surface area contributed by atoms with Gasteiger partial charge in [-0.05, 0) is 44.0 Å². The Balaban J connectivity index is 2.19. The summed E-state index contributed by atoms with van der Waals surface area (Å²) in [5.74, 6) is -0.00921. The number of nitrogen functional groups attached to an aromatic ring is 1. The monoisotopic (exact) mass is 352 g/mol. The summed E-state index contributed by atoms with van der Waals surface area (Å²) in [7, 11) is 0. The number of pyridine rings is 1. The highest BCUT2D eigenvalue weighted by Gasteiger charge is 2.21. The predicted octanol–water partition coefficient (Wildman–Crippen LogP) is 2.56. The number of carbonyl (C=O) groups is 1. The number of nitrogens with zero attached hydrogens (tertiary/aromatic N) is 2. The van der Waals surface area contributed by atoms with Gasteiger partial charge in [-0.2, -0.15) is 10.5 Å². The Bertz CT molecular complexity index is 911. The molecule has 0 spiro atoms. The number of H-pyrrole nitrogens is 1. The molecule has 1 amide bonds. The van der Waals surface area contributed by atoms with Crippen molar-refractivity contribution < 1.29 is 9.78 Å². The van der Waals surface area contributed by atoms with Crippen LogP contribution in [-0.2, 0) is 4.79 Å². The molecule has 0 saturated heterocycles. The molecule has 1 aromatic carbocycles. The molecule has 0 fully saturated rings. The predicted molar refractivity (Wildman–Crippen MR) is 96.7 cm³/mol. The molecule has 0 saturated carbocycles. The molecule has 1 heterocycles. The van der Waals surface area contributed by atoms with Gasteiger partial charge in [-0.25, -0.2) is 4.98 Å². The van der Waals surface area contributed by atoms with Crippen molar-refractivity contribution in [1.82, 2.24) is 0 Å². The van der Waals surface area contributed by atoms with Gasteiger partial charge in [0.2, 0.25) is 5.91 Å². The number of hydrogen-bond acceptors (Lipinski definition) is 5. The second-order valence-corrected chi connectivity index (χ2v) is 6.98. The van der Waals surface area contributed by atoms with Gasteiger partial charge in [0.25, 0.3) is 5.82 Å². The van der Waals surface area contributed by atoms with Crippen LogP contribution in [0.15, 0.2) is 29.3 Å². The van der Waals surface area contributed by atoms with Crippen LogP contribution in [0.5, 0.6) is 0 Å². The van der Waals surface area contributed by atoms with Crippen molar-refractivity contribution in [2.24, 2.45) is 0 Å². The second-order valence-electron chi connectivity index (χ2n) is 5.63. The van der Waals surface area contributed by atoms with Crippen molar-refractivity contribution in [3.05, 3.63) is 46.5 Å². The topological polar surface area (TPSA) is 117 Å². The molecule has 0 bridgehead atoms. The van der Waals surface area contributed by atoms with E-state index in [4.69, 9.17) is 11.0 Å². The maximum atomic E-state index is 12.5. The molecule has 25 heavy (non-hydrogen) atoms. The maximum Gasteiger partial charge on any atom is 0.289 e. The van der Waals surface area contributed by atoms with E-state index in [1.54, 1.807) is 6.92 Å². The van der Waals surface area contributed by atoms with Crippen molar-refractivity contribution in [1.29, 1.82) is 10.5 Å². The number of aryl methyl sites for hydroxylation is 2. The zero-order valence-corrected chi connectivity index (χ0v) is 15.0. The Morgan fingerprint density at radius 1 is 1.24 bits per heavy atom. The van der Waals surface area contributed by atoms with E-state index >= 15 is 0 Å². The van der Waals surface area contributed by atoms with Crippen LogP contribution in [0.1, 0.15) is 29.2 Å². The van der Waals surface area contributed by atoms with Crippen LogP contribution < -0.4 is 16.0 Å². The van der Waals surface area contributed by atoms with E-state index in [1.165, 1.54) is 17.8 Å². The van der Waals surface area contributed by atoms with Gasteiger partial charge in [0, 0.05) is 5.69 Å². The van der Waals surface area contributed by atoms with E-state index in [2.05, 4.69) is 10.3 Å². The number of nitriles is 2. The fraction of sp³-hybridized carbons (Fsp3) is 0.222. The molecule has 7 heteroatoms. The smallest absolute Gasteiger partial charge is 0.289 e. The van der Waals surface area contributed by atoms with Crippen molar-refractivity contribution in [3.8, 4) is 12.1 Å². The number of carbonyl (C=O) groups excluding carboxylic acids is 1. The van der Waals surface area contributed by atoms with Gasteiger partial charge in [-0.15, -0.1) is 0 Å². The number of rotatable bonds is 4. The molecule has 0 unspecified atom stereocenters. The Morgan fingerprint density at radius 3 is 2.56 bits per heavy atom. The lowest BCUT2D eigenvalue weighted by Gasteiger charge is -2.13. The fourth-order valence-corrected chi connectivity index (χ4v) is 3.07. The Labute approximate surface area is 150 Å². The normalized spacial score (nSPS) is 11.2. The van der Waals surface area contributed by atoms with E-state index in [0.717, 1.165) is 16.8 Å². The lowest BCUT2D eigenvalue weighted by Crippen LogP contribution is -2.25. The summed E-state index contributed by atoms with van der Waals surface area (Å²) in [4.78, 5) is 15.3. The van der Waals surface area contributed by atoms with Crippen LogP contribution in [0, 0.1) is 36.5 Å². The molecule has 0 aliphatic carbocycles. The van der Waals surface area contributed by atoms with E-state index in [0.29, 0.717) is 5.03 Å². The number of thioether (sulfide) groups is 1. The van der Waals surface area contributed by atoms with E-state index in [-0.39, 0.29) is 22.9 Å². The quantitative estimate of drug-likeness (QED) is 0.820. The molecular weight excluding hydrogens is 334 g/mol. The molecule has 2 aromatic rings. The summed E-state index contributed by atoms with van der Waals surface area (Å²) < 4.78 is 0. The molecule has 0 radical (unpaired) electrons. The summed E-state index contributed by atoms with van der Waals surface area (Å²) >= 11 is 1.19. The number of hydrogen-bond donors (Lipinski definition) is 2. The first-order chi connectivity index (χ1) is 11.8. The average molecular weight is 352 g/mol. The number of nitrogens with two attached hydrogens (primary N) is 1. The minimum atomic E-state index is -0.462. The largest absolute Gasteiger partial charge is 0.325 e. The van der Waals surface area contributed by atoms with Gasteiger partial charge in [-0.3, -0.25) is 10.5 Å². The van der Waals surface area contributed by atoms with Crippen molar-refractivity contribution in [2.45, 2.75) is 31.0 Å². The van der Waals surface area contributed by atoms with E-state index < -0.39 is 5.25 Å². The SMILES string of the molecule is Cc1ccc(C)c(NC(=O)[C@H](C)Sc2[nH+]c(N)c(C#N)cc2C#N)c1. The van der Waals surface area contributed by atoms with Crippen molar-refractivity contribution in [2.75, 3.05) is 11.1 Å². The summed E-state index contributed by atoms with van der Waals surface area (Å²) in [6.45, 7) is 5.63. The number of anilines is 2. The third-order valence-corrected chi connectivity index (χ3v) is 4.75. The first-order valence-electron chi connectivity index (χ1n) is 7.56. The Hall–Kier alpha value is -3.03. The van der Waals surface area contributed by atoms with Crippen molar-refractivity contribution >= 4 is 29.2 Å². The van der Waals surface area contributed by atoms with E-state index in [1.807, 2.05) is 44.2 Å². The molecule has 2 rings (SSSR count). The van der Waals surface area contributed by atoms with Gasteiger partial charge in [-0.1, -0.05) is 23.9 Å². The van der Waals surface area contributed by atoms with Crippen LogP contribution >= 0.6 is 11.8 Å². The summed E-state index contributed by atoms with van der Waals surface area (Å²) in [6.07, 6.45) is 0. The molecule has 1 aromatic heterocycles. The second kappa shape index (κ2) is 7.69.